The second-order valence-corrected chi connectivity index (χ2v) is 7.36. The summed E-state index contributed by atoms with van der Waals surface area (Å²) < 4.78 is 11.8. The van der Waals surface area contributed by atoms with E-state index < -0.39 is 0 Å². The van der Waals surface area contributed by atoms with Crippen LogP contribution in [0.15, 0.2) is 28.9 Å². The van der Waals surface area contributed by atoms with Gasteiger partial charge in [0.15, 0.2) is 0 Å². The standard InChI is InChI=1S/C19H26N4O2/c1-14-9-21-18(22-10-14)20-7-5-16-6-8-24-19(16)12-23(13-19)11-17-4-3-15(2)25-17/h3-4,9-10,16H,5-8,11-13H2,1-2H3,(H,20,21,22). The zero-order valence-corrected chi connectivity index (χ0v) is 15.0. The average Bonchev–Trinajstić information content (AvgIpc) is 3.16. The smallest absolute Gasteiger partial charge is 0.222 e. The second-order valence-electron chi connectivity index (χ2n) is 7.36. The molecule has 2 aliphatic heterocycles. The van der Waals surface area contributed by atoms with Crippen LogP contribution in [-0.2, 0) is 11.3 Å². The molecule has 0 bridgehead atoms. The summed E-state index contributed by atoms with van der Waals surface area (Å²) >= 11 is 0. The SMILES string of the molecule is Cc1cnc(NCCC2CCOC23CN(Cc2ccc(C)o2)C3)nc1. The summed E-state index contributed by atoms with van der Waals surface area (Å²) in [7, 11) is 0. The average molecular weight is 342 g/mol. The highest BCUT2D eigenvalue weighted by Gasteiger charge is 2.52. The minimum absolute atomic E-state index is 0.0391. The lowest BCUT2D eigenvalue weighted by Crippen LogP contribution is -2.64. The van der Waals surface area contributed by atoms with Gasteiger partial charge >= 0.3 is 0 Å². The van der Waals surface area contributed by atoms with Crippen LogP contribution in [0, 0.1) is 19.8 Å². The van der Waals surface area contributed by atoms with E-state index in [1.165, 1.54) is 0 Å². The van der Waals surface area contributed by atoms with Crippen molar-refractivity contribution in [2.24, 2.45) is 5.92 Å². The van der Waals surface area contributed by atoms with Gasteiger partial charge in [-0.3, -0.25) is 4.90 Å². The van der Waals surface area contributed by atoms with Crippen molar-refractivity contribution in [1.82, 2.24) is 14.9 Å². The van der Waals surface area contributed by atoms with Gasteiger partial charge in [0, 0.05) is 38.6 Å². The molecule has 0 aliphatic carbocycles. The molecule has 0 radical (unpaired) electrons. The van der Waals surface area contributed by atoms with Gasteiger partial charge in [-0.2, -0.15) is 0 Å². The molecule has 2 aromatic rings. The molecule has 134 valence electrons. The quantitative estimate of drug-likeness (QED) is 0.871. The number of furan rings is 1. The molecule has 2 aromatic heterocycles. The largest absolute Gasteiger partial charge is 0.465 e. The van der Waals surface area contributed by atoms with Gasteiger partial charge in [0.2, 0.25) is 5.95 Å². The topological polar surface area (TPSA) is 63.4 Å². The second kappa shape index (κ2) is 6.77. The maximum Gasteiger partial charge on any atom is 0.222 e. The van der Waals surface area contributed by atoms with Crippen molar-refractivity contribution in [3.8, 4) is 0 Å². The van der Waals surface area contributed by atoms with Gasteiger partial charge in [-0.25, -0.2) is 9.97 Å². The minimum atomic E-state index is 0.0391. The Morgan fingerprint density at radius 2 is 2.04 bits per heavy atom. The van der Waals surface area contributed by atoms with Crippen molar-refractivity contribution in [1.29, 1.82) is 0 Å². The zero-order valence-electron chi connectivity index (χ0n) is 15.0. The third-order valence-electron chi connectivity index (χ3n) is 5.31. The molecule has 4 rings (SSSR count). The van der Waals surface area contributed by atoms with E-state index in [1.807, 2.05) is 32.3 Å². The van der Waals surface area contributed by atoms with Crippen LogP contribution in [0.4, 0.5) is 5.95 Å². The fraction of sp³-hybridized carbons (Fsp3) is 0.579. The Balaban J connectivity index is 1.26. The Hall–Kier alpha value is -1.92. The number of hydrogen-bond acceptors (Lipinski definition) is 6. The van der Waals surface area contributed by atoms with Crippen molar-refractivity contribution in [2.75, 3.05) is 31.6 Å². The Morgan fingerprint density at radius 3 is 2.76 bits per heavy atom. The van der Waals surface area contributed by atoms with Crippen molar-refractivity contribution in [3.63, 3.8) is 0 Å². The molecule has 2 saturated heterocycles. The molecule has 2 aliphatic rings. The van der Waals surface area contributed by atoms with Crippen LogP contribution >= 0.6 is 0 Å². The lowest BCUT2D eigenvalue weighted by Gasteiger charge is -2.50. The predicted octanol–water partition coefficient (Wildman–Crippen LogP) is 2.78. The van der Waals surface area contributed by atoms with E-state index in [9.17, 15) is 0 Å². The molecule has 1 unspecified atom stereocenters. The van der Waals surface area contributed by atoms with Gasteiger partial charge in [0.05, 0.1) is 12.1 Å². The lowest BCUT2D eigenvalue weighted by molar-refractivity contribution is -0.137. The van der Waals surface area contributed by atoms with Crippen LogP contribution in [0.2, 0.25) is 0 Å². The van der Waals surface area contributed by atoms with Crippen LogP contribution in [0.25, 0.3) is 0 Å². The molecule has 0 amide bonds. The highest BCUT2D eigenvalue weighted by molar-refractivity contribution is 5.24. The monoisotopic (exact) mass is 342 g/mol. The Bertz CT molecular complexity index is 706. The number of nitrogens with zero attached hydrogens (tertiary/aromatic N) is 3. The molecule has 1 N–H and O–H groups in total. The van der Waals surface area contributed by atoms with E-state index in [0.717, 1.165) is 62.7 Å². The number of aromatic nitrogens is 2. The van der Waals surface area contributed by atoms with E-state index in [4.69, 9.17) is 9.15 Å². The van der Waals surface area contributed by atoms with Gasteiger partial charge in [0.1, 0.15) is 11.5 Å². The Kier molecular flexibility index (Phi) is 4.48. The number of rotatable bonds is 6. The fourth-order valence-electron chi connectivity index (χ4n) is 4.00. The molecule has 4 heterocycles. The molecule has 0 aromatic carbocycles. The fourth-order valence-corrected chi connectivity index (χ4v) is 4.00. The maximum absolute atomic E-state index is 6.15. The van der Waals surface area contributed by atoms with E-state index in [1.54, 1.807) is 0 Å². The van der Waals surface area contributed by atoms with Crippen LogP contribution in [0.3, 0.4) is 0 Å². The third-order valence-corrected chi connectivity index (χ3v) is 5.31. The molecule has 1 atom stereocenters. The van der Waals surface area contributed by atoms with Crippen molar-refractivity contribution >= 4 is 5.95 Å². The summed E-state index contributed by atoms with van der Waals surface area (Å²) in [6, 6.07) is 4.09. The number of hydrogen-bond donors (Lipinski definition) is 1. The first-order chi connectivity index (χ1) is 12.1. The Labute approximate surface area is 148 Å². The van der Waals surface area contributed by atoms with Gasteiger partial charge in [0.25, 0.3) is 0 Å². The van der Waals surface area contributed by atoms with Crippen molar-refractivity contribution in [2.45, 2.75) is 38.8 Å². The van der Waals surface area contributed by atoms with Crippen LogP contribution in [-0.4, -0.2) is 46.7 Å². The van der Waals surface area contributed by atoms with Gasteiger partial charge in [-0.1, -0.05) is 0 Å². The summed E-state index contributed by atoms with van der Waals surface area (Å²) in [4.78, 5) is 11.0. The van der Waals surface area contributed by atoms with E-state index in [2.05, 4.69) is 26.3 Å². The van der Waals surface area contributed by atoms with Gasteiger partial charge in [-0.15, -0.1) is 0 Å². The lowest BCUT2D eigenvalue weighted by atomic mass is 9.79. The summed E-state index contributed by atoms with van der Waals surface area (Å²) in [5, 5.41) is 3.33. The summed E-state index contributed by atoms with van der Waals surface area (Å²) in [5.41, 5.74) is 1.12. The number of aryl methyl sites for hydroxylation is 2. The van der Waals surface area contributed by atoms with Crippen LogP contribution in [0.1, 0.15) is 29.9 Å². The molecule has 2 fully saturated rings. The van der Waals surface area contributed by atoms with Crippen molar-refractivity contribution < 1.29 is 9.15 Å². The number of likely N-dealkylation sites (tertiary alicyclic amines) is 1. The third kappa shape index (κ3) is 3.55. The Morgan fingerprint density at radius 1 is 1.24 bits per heavy atom. The number of nitrogens with one attached hydrogen (secondary N) is 1. The normalized spacial score (nSPS) is 22.2. The molecule has 6 heteroatoms. The summed E-state index contributed by atoms with van der Waals surface area (Å²) in [6.07, 6.45) is 5.92. The first kappa shape index (κ1) is 16.5. The summed E-state index contributed by atoms with van der Waals surface area (Å²) in [6.45, 7) is 8.62. The first-order valence-corrected chi connectivity index (χ1v) is 9.07. The van der Waals surface area contributed by atoms with E-state index in [0.29, 0.717) is 11.9 Å². The van der Waals surface area contributed by atoms with Gasteiger partial charge in [-0.05, 0) is 50.3 Å². The predicted molar refractivity (Wildman–Crippen MR) is 95.4 cm³/mol. The maximum atomic E-state index is 6.15. The summed E-state index contributed by atoms with van der Waals surface area (Å²) in [5.74, 6) is 3.33. The molecular formula is C19H26N4O2. The number of ether oxygens (including phenoxy) is 1. The molecule has 25 heavy (non-hydrogen) atoms. The van der Waals surface area contributed by atoms with E-state index in [-0.39, 0.29) is 5.60 Å². The first-order valence-electron chi connectivity index (χ1n) is 9.07. The molecule has 1 spiro atoms. The zero-order chi connectivity index (χ0) is 17.3. The number of anilines is 1. The highest BCUT2D eigenvalue weighted by Crippen LogP contribution is 2.42. The highest BCUT2D eigenvalue weighted by atomic mass is 16.5. The van der Waals surface area contributed by atoms with Crippen LogP contribution < -0.4 is 5.32 Å². The molecule has 0 saturated carbocycles. The molecular weight excluding hydrogens is 316 g/mol. The van der Waals surface area contributed by atoms with E-state index >= 15 is 0 Å². The van der Waals surface area contributed by atoms with Crippen molar-refractivity contribution in [3.05, 3.63) is 41.6 Å². The van der Waals surface area contributed by atoms with Gasteiger partial charge < -0.3 is 14.5 Å². The van der Waals surface area contributed by atoms with Crippen LogP contribution in [0.5, 0.6) is 0 Å². The molecule has 6 nitrogen and oxygen atoms in total. The minimum Gasteiger partial charge on any atom is -0.465 e.